The van der Waals surface area contributed by atoms with Crippen LogP contribution in [0.4, 0.5) is 4.79 Å². The highest BCUT2D eigenvalue weighted by molar-refractivity contribution is 5.79. The maximum absolute atomic E-state index is 11.8. The number of hydrogen-bond acceptors (Lipinski definition) is 3. The Morgan fingerprint density at radius 3 is 2.24 bits per heavy atom. The van der Waals surface area contributed by atoms with Gasteiger partial charge in [-0.05, 0) is 28.7 Å². The van der Waals surface area contributed by atoms with Crippen LogP contribution in [-0.2, 0) is 9.53 Å². The first kappa shape index (κ1) is 16.8. The average molecular weight is 337 g/mol. The van der Waals surface area contributed by atoms with Crippen LogP contribution in [0.1, 0.15) is 29.9 Å². The highest BCUT2D eigenvalue weighted by atomic mass is 16.5. The molecule has 2 aromatic carbocycles. The minimum absolute atomic E-state index is 0.0224. The smallest absolute Gasteiger partial charge is 0.411 e. The third-order valence-corrected chi connectivity index (χ3v) is 4.19. The number of rotatable bonds is 6. The van der Waals surface area contributed by atoms with Crippen molar-refractivity contribution in [3.8, 4) is 11.1 Å². The van der Waals surface area contributed by atoms with Crippen molar-refractivity contribution in [3.63, 3.8) is 0 Å². The first-order chi connectivity index (χ1) is 12.2. The van der Waals surface area contributed by atoms with Gasteiger partial charge in [0.15, 0.2) is 0 Å². The van der Waals surface area contributed by atoms with Crippen LogP contribution < -0.4 is 5.32 Å². The molecule has 0 saturated heterocycles. The SMILES string of the molecule is O=C(O)CCC=CNC(=O)OCC1c2ccccc2-c2ccccc21. The van der Waals surface area contributed by atoms with Gasteiger partial charge in [-0.1, -0.05) is 54.6 Å². The Kier molecular flexibility index (Phi) is 5.14. The van der Waals surface area contributed by atoms with Crippen molar-refractivity contribution >= 4 is 12.1 Å². The summed E-state index contributed by atoms with van der Waals surface area (Å²) in [4.78, 5) is 22.2. The molecule has 0 bridgehead atoms. The van der Waals surface area contributed by atoms with Crippen LogP contribution in [0.2, 0.25) is 0 Å². The topological polar surface area (TPSA) is 75.6 Å². The fourth-order valence-corrected chi connectivity index (χ4v) is 3.06. The number of ether oxygens (including phenoxy) is 1. The second-order valence-corrected chi connectivity index (χ2v) is 5.80. The van der Waals surface area contributed by atoms with Gasteiger partial charge in [0.1, 0.15) is 6.61 Å². The van der Waals surface area contributed by atoms with Crippen LogP contribution in [0.5, 0.6) is 0 Å². The number of aliphatic carboxylic acids is 1. The number of carbonyl (C=O) groups excluding carboxylic acids is 1. The third-order valence-electron chi connectivity index (χ3n) is 4.19. The van der Waals surface area contributed by atoms with E-state index in [0.717, 1.165) is 11.1 Å². The number of fused-ring (bicyclic) bond motifs is 3. The molecule has 1 aliphatic rings. The Labute approximate surface area is 145 Å². The molecule has 0 aromatic heterocycles. The number of amides is 1. The molecule has 0 aliphatic heterocycles. The molecule has 25 heavy (non-hydrogen) atoms. The van der Waals surface area contributed by atoms with E-state index in [9.17, 15) is 9.59 Å². The van der Waals surface area contributed by atoms with Gasteiger partial charge in [-0.2, -0.15) is 0 Å². The molecular weight excluding hydrogens is 318 g/mol. The lowest BCUT2D eigenvalue weighted by Gasteiger charge is -2.13. The fourth-order valence-electron chi connectivity index (χ4n) is 3.06. The number of benzene rings is 2. The van der Waals surface area contributed by atoms with Crippen LogP contribution >= 0.6 is 0 Å². The summed E-state index contributed by atoms with van der Waals surface area (Å²) in [6.07, 6.45) is 2.85. The molecule has 1 amide bonds. The minimum Gasteiger partial charge on any atom is -0.481 e. The zero-order chi connectivity index (χ0) is 17.6. The van der Waals surface area contributed by atoms with E-state index < -0.39 is 12.1 Å². The van der Waals surface area contributed by atoms with Crippen molar-refractivity contribution < 1.29 is 19.4 Å². The molecule has 0 saturated carbocycles. The highest BCUT2D eigenvalue weighted by Crippen LogP contribution is 2.44. The maximum atomic E-state index is 11.8. The lowest BCUT2D eigenvalue weighted by atomic mass is 9.98. The first-order valence-corrected chi connectivity index (χ1v) is 8.15. The molecule has 2 N–H and O–H groups in total. The molecule has 5 nitrogen and oxygen atoms in total. The van der Waals surface area contributed by atoms with Crippen LogP contribution in [0.3, 0.4) is 0 Å². The van der Waals surface area contributed by atoms with Gasteiger partial charge in [0.25, 0.3) is 0 Å². The molecule has 0 atom stereocenters. The van der Waals surface area contributed by atoms with E-state index in [4.69, 9.17) is 9.84 Å². The van der Waals surface area contributed by atoms with Gasteiger partial charge in [-0.15, -0.1) is 0 Å². The highest BCUT2D eigenvalue weighted by Gasteiger charge is 2.28. The van der Waals surface area contributed by atoms with E-state index in [1.54, 1.807) is 6.08 Å². The van der Waals surface area contributed by atoms with Crippen molar-refractivity contribution in [2.75, 3.05) is 6.61 Å². The van der Waals surface area contributed by atoms with Crippen LogP contribution in [-0.4, -0.2) is 23.8 Å². The molecule has 0 heterocycles. The van der Waals surface area contributed by atoms with Crippen molar-refractivity contribution in [3.05, 3.63) is 71.9 Å². The van der Waals surface area contributed by atoms with Crippen molar-refractivity contribution in [1.29, 1.82) is 0 Å². The van der Waals surface area contributed by atoms with E-state index in [1.165, 1.54) is 17.3 Å². The van der Waals surface area contributed by atoms with Gasteiger partial charge >= 0.3 is 12.1 Å². The standard InChI is InChI=1S/C20H19NO4/c22-19(23)11-5-6-12-21-20(24)25-13-18-16-9-3-1-7-14(16)15-8-2-4-10-17(15)18/h1-4,6-10,12,18H,5,11,13H2,(H,21,24)(H,22,23). The maximum Gasteiger partial charge on any atom is 0.411 e. The van der Waals surface area contributed by atoms with Crippen molar-refractivity contribution in [1.82, 2.24) is 5.32 Å². The van der Waals surface area contributed by atoms with Gasteiger partial charge in [0.2, 0.25) is 0 Å². The van der Waals surface area contributed by atoms with Gasteiger partial charge in [0.05, 0.1) is 0 Å². The van der Waals surface area contributed by atoms with Crippen molar-refractivity contribution in [2.45, 2.75) is 18.8 Å². The van der Waals surface area contributed by atoms with Gasteiger partial charge < -0.3 is 9.84 Å². The second-order valence-electron chi connectivity index (χ2n) is 5.80. The predicted molar refractivity (Wildman–Crippen MR) is 94.2 cm³/mol. The molecule has 0 fully saturated rings. The van der Waals surface area contributed by atoms with Crippen LogP contribution in [0.15, 0.2) is 60.8 Å². The van der Waals surface area contributed by atoms with Gasteiger partial charge in [-0.25, -0.2) is 4.79 Å². The summed E-state index contributed by atoms with van der Waals surface area (Å²) in [6, 6.07) is 16.3. The largest absolute Gasteiger partial charge is 0.481 e. The van der Waals surface area contributed by atoms with Gasteiger partial charge in [0, 0.05) is 18.5 Å². The van der Waals surface area contributed by atoms with Gasteiger partial charge in [-0.3, -0.25) is 10.1 Å². The molecule has 3 rings (SSSR count). The molecular formula is C20H19NO4. The summed E-state index contributed by atoms with van der Waals surface area (Å²) >= 11 is 0. The fraction of sp³-hybridized carbons (Fsp3) is 0.200. The average Bonchev–Trinajstić information content (AvgIpc) is 2.93. The minimum atomic E-state index is -0.870. The molecule has 0 unspecified atom stereocenters. The van der Waals surface area contributed by atoms with E-state index in [-0.39, 0.29) is 18.9 Å². The second kappa shape index (κ2) is 7.66. The lowest BCUT2D eigenvalue weighted by Crippen LogP contribution is -2.21. The van der Waals surface area contributed by atoms with Crippen LogP contribution in [0, 0.1) is 0 Å². The van der Waals surface area contributed by atoms with E-state index in [2.05, 4.69) is 29.6 Å². The zero-order valence-corrected chi connectivity index (χ0v) is 13.6. The number of alkyl carbamates (subject to hydrolysis) is 1. The number of nitrogens with one attached hydrogen (secondary N) is 1. The Morgan fingerprint density at radius 1 is 1.04 bits per heavy atom. The number of hydrogen-bond donors (Lipinski definition) is 2. The Bertz CT molecular complexity index is 767. The number of carboxylic acid groups (broad SMARTS) is 1. The normalized spacial score (nSPS) is 12.6. The zero-order valence-electron chi connectivity index (χ0n) is 13.6. The molecule has 5 heteroatoms. The molecule has 0 spiro atoms. The molecule has 0 radical (unpaired) electrons. The molecule has 1 aliphatic carbocycles. The number of carboxylic acids is 1. The van der Waals surface area contributed by atoms with E-state index in [0.29, 0.717) is 6.42 Å². The third kappa shape index (κ3) is 3.88. The monoisotopic (exact) mass is 337 g/mol. The summed E-state index contributed by atoms with van der Waals surface area (Å²) in [5.74, 6) is -0.847. The summed E-state index contributed by atoms with van der Waals surface area (Å²) in [5, 5.41) is 11.0. The number of carbonyl (C=O) groups is 2. The molecule has 128 valence electrons. The summed E-state index contributed by atoms with van der Waals surface area (Å²) in [5.41, 5.74) is 4.68. The lowest BCUT2D eigenvalue weighted by molar-refractivity contribution is -0.136. The Balaban J connectivity index is 1.60. The summed E-state index contributed by atoms with van der Waals surface area (Å²) in [7, 11) is 0. The predicted octanol–water partition coefficient (Wildman–Crippen LogP) is 3.90. The summed E-state index contributed by atoms with van der Waals surface area (Å²) < 4.78 is 5.35. The molecule has 2 aromatic rings. The van der Waals surface area contributed by atoms with E-state index in [1.807, 2.05) is 24.3 Å². The quantitative estimate of drug-likeness (QED) is 0.838. The number of allylic oxidation sites excluding steroid dienone is 1. The summed E-state index contributed by atoms with van der Waals surface area (Å²) in [6.45, 7) is 0.253. The first-order valence-electron chi connectivity index (χ1n) is 8.15. The Hall–Kier alpha value is -3.08. The van der Waals surface area contributed by atoms with Crippen LogP contribution in [0.25, 0.3) is 11.1 Å². The van der Waals surface area contributed by atoms with Crippen molar-refractivity contribution in [2.24, 2.45) is 0 Å². The van der Waals surface area contributed by atoms with E-state index >= 15 is 0 Å². The Morgan fingerprint density at radius 2 is 1.64 bits per heavy atom.